The minimum atomic E-state index is -0.532. The second-order valence-electron chi connectivity index (χ2n) is 9.64. The zero-order chi connectivity index (χ0) is 29.3. The fraction of sp³-hybridized carbons (Fsp3) is 0.353. The van der Waals surface area contributed by atoms with E-state index in [4.69, 9.17) is 11.6 Å². The number of nitrogens with one attached hydrogen (secondary N) is 1. The van der Waals surface area contributed by atoms with Crippen molar-refractivity contribution >= 4 is 23.6 Å². The highest BCUT2D eigenvalue weighted by Gasteiger charge is 2.20. The van der Waals surface area contributed by atoms with E-state index in [0.29, 0.717) is 10.7 Å². The lowest BCUT2D eigenvalue weighted by atomic mass is 10.1. The number of unbranched alkanes of at least 4 members (excludes halogenated alkanes) is 2. The third-order valence-corrected chi connectivity index (χ3v) is 6.51. The Labute approximate surface area is 245 Å². The second kappa shape index (κ2) is 18.0. The molecule has 0 spiro atoms. The fourth-order valence-corrected chi connectivity index (χ4v) is 4.35. The van der Waals surface area contributed by atoms with Crippen LogP contribution in [0, 0.1) is 6.92 Å². The molecule has 1 amide bonds. The molecule has 2 N–H and O–H groups in total. The van der Waals surface area contributed by atoms with Gasteiger partial charge in [-0.1, -0.05) is 119 Å². The number of carbonyl (C=O) groups is 1. The van der Waals surface area contributed by atoms with Gasteiger partial charge in [-0.15, -0.1) is 0 Å². The zero-order valence-electron chi connectivity index (χ0n) is 24.5. The lowest BCUT2D eigenvalue weighted by Crippen LogP contribution is -2.31. The molecule has 0 bridgehead atoms. The fourth-order valence-electron chi connectivity index (χ4n) is 4.03. The maximum atomic E-state index is 13.1. The number of rotatable bonds is 12. The van der Waals surface area contributed by atoms with Crippen molar-refractivity contribution in [1.82, 2.24) is 15.1 Å². The molecule has 214 valence electrons. The first-order valence-electron chi connectivity index (χ1n) is 14.2. The standard InChI is InChI=1S/C29H32ClN3O2.C5H12/c1-4-6-11-22(10-5-2)15-16-24-19-26(32-33(24)28-17-14-21(3)18-25(28)30)29(35)31-27(20-34)23-12-8-7-9-13-23;1-3-5-4-2/h4,6-9,11-19,27,34H,5,10,20H2,1-3H3,(H,31,35);3-5H2,1-2H3/b6-4-,16-15+,22-11+;/t27-;/m1./s1. The lowest BCUT2D eigenvalue weighted by Gasteiger charge is -2.15. The molecule has 3 aromatic rings. The van der Waals surface area contributed by atoms with Crippen molar-refractivity contribution in [3.05, 3.63) is 112 Å². The molecule has 40 heavy (non-hydrogen) atoms. The van der Waals surface area contributed by atoms with E-state index in [2.05, 4.69) is 37.3 Å². The van der Waals surface area contributed by atoms with Gasteiger partial charge in [-0.2, -0.15) is 5.10 Å². The number of amides is 1. The van der Waals surface area contributed by atoms with Crippen LogP contribution in [0.3, 0.4) is 0 Å². The number of carbonyl (C=O) groups excluding carboxylic acids is 1. The number of hydrogen-bond donors (Lipinski definition) is 2. The van der Waals surface area contributed by atoms with Crippen molar-refractivity contribution in [3.63, 3.8) is 0 Å². The minimum absolute atomic E-state index is 0.219. The van der Waals surface area contributed by atoms with E-state index in [1.165, 1.54) is 24.8 Å². The molecule has 0 saturated carbocycles. The molecule has 6 heteroatoms. The Hall–Kier alpha value is -3.41. The Morgan fingerprint density at radius 3 is 2.38 bits per heavy atom. The predicted molar refractivity (Wildman–Crippen MR) is 169 cm³/mol. The van der Waals surface area contributed by atoms with Crippen LogP contribution in [-0.2, 0) is 0 Å². The van der Waals surface area contributed by atoms with E-state index < -0.39 is 6.04 Å². The topological polar surface area (TPSA) is 67.2 Å². The van der Waals surface area contributed by atoms with Crippen LogP contribution >= 0.6 is 11.6 Å². The van der Waals surface area contributed by atoms with Crippen LogP contribution in [-0.4, -0.2) is 27.4 Å². The zero-order valence-corrected chi connectivity index (χ0v) is 25.3. The van der Waals surface area contributed by atoms with Crippen molar-refractivity contribution in [2.75, 3.05) is 6.61 Å². The summed E-state index contributed by atoms with van der Waals surface area (Å²) in [7, 11) is 0. The van der Waals surface area contributed by atoms with E-state index in [-0.39, 0.29) is 18.2 Å². The average molecular weight is 562 g/mol. The highest BCUT2D eigenvalue weighted by Crippen LogP contribution is 2.25. The highest BCUT2D eigenvalue weighted by atomic mass is 35.5. The molecular formula is C34H44ClN3O2. The molecule has 0 aliphatic carbocycles. The van der Waals surface area contributed by atoms with Gasteiger partial charge in [-0.3, -0.25) is 4.79 Å². The number of nitrogens with zero attached hydrogens (tertiary/aromatic N) is 2. The molecule has 0 fully saturated rings. The largest absolute Gasteiger partial charge is 0.394 e. The van der Waals surface area contributed by atoms with Gasteiger partial charge in [-0.05, 0) is 61.2 Å². The summed E-state index contributed by atoms with van der Waals surface area (Å²) in [6.07, 6.45) is 16.1. The number of aliphatic hydroxyl groups excluding tert-OH is 1. The van der Waals surface area contributed by atoms with Crippen LogP contribution in [0.1, 0.15) is 93.2 Å². The molecule has 3 rings (SSSR count). The smallest absolute Gasteiger partial charge is 0.272 e. The van der Waals surface area contributed by atoms with E-state index in [9.17, 15) is 9.90 Å². The molecular weight excluding hydrogens is 518 g/mol. The van der Waals surface area contributed by atoms with Gasteiger partial charge in [-0.25, -0.2) is 4.68 Å². The van der Waals surface area contributed by atoms with Crippen molar-refractivity contribution in [3.8, 4) is 5.69 Å². The van der Waals surface area contributed by atoms with Crippen LogP contribution in [0.5, 0.6) is 0 Å². The first kappa shape index (κ1) is 32.8. The van der Waals surface area contributed by atoms with Crippen LogP contribution in [0.2, 0.25) is 5.02 Å². The molecule has 1 heterocycles. The predicted octanol–water partition coefficient (Wildman–Crippen LogP) is 8.81. The monoisotopic (exact) mass is 561 g/mol. The summed E-state index contributed by atoms with van der Waals surface area (Å²) in [6.45, 7) is 10.3. The molecule has 5 nitrogen and oxygen atoms in total. The molecule has 1 atom stereocenters. The third-order valence-electron chi connectivity index (χ3n) is 6.21. The van der Waals surface area contributed by atoms with Crippen molar-refractivity contribution in [2.45, 2.75) is 72.8 Å². The normalized spacial score (nSPS) is 12.4. The summed E-state index contributed by atoms with van der Waals surface area (Å²) in [5.74, 6) is -0.372. The SMILES string of the molecule is CCCCC.C\C=C/C=C(/C=C/c1cc(C(=O)N[C@H](CO)c2ccccc2)nn1-c1ccc(C)cc1Cl)CCC. The van der Waals surface area contributed by atoms with Crippen LogP contribution in [0.25, 0.3) is 11.8 Å². The molecule has 0 unspecified atom stereocenters. The number of benzene rings is 2. The van der Waals surface area contributed by atoms with E-state index in [1.807, 2.05) is 86.7 Å². The Bertz CT molecular complexity index is 1270. The average Bonchev–Trinajstić information content (AvgIpc) is 3.38. The summed E-state index contributed by atoms with van der Waals surface area (Å²) in [5.41, 5.74) is 4.68. The first-order chi connectivity index (χ1) is 19.4. The molecule has 0 aliphatic heterocycles. The van der Waals surface area contributed by atoms with Crippen molar-refractivity contribution in [2.24, 2.45) is 0 Å². The Morgan fingerprint density at radius 1 is 1.07 bits per heavy atom. The van der Waals surface area contributed by atoms with Gasteiger partial charge >= 0.3 is 0 Å². The van der Waals surface area contributed by atoms with Gasteiger partial charge in [0.25, 0.3) is 5.91 Å². The van der Waals surface area contributed by atoms with E-state index >= 15 is 0 Å². The van der Waals surface area contributed by atoms with Crippen LogP contribution < -0.4 is 5.32 Å². The number of hydrogen-bond acceptors (Lipinski definition) is 3. The quantitative estimate of drug-likeness (QED) is 0.217. The Kier molecular flexibility index (Phi) is 14.8. The first-order valence-corrected chi connectivity index (χ1v) is 14.6. The number of aromatic nitrogens is 2. The number of allylic oxidation sites excluding steroid dienone is 5. The summed E-state index contributed by atoms with van der Waals surface area (Å²) in [5, 5.41) is 17.9. The van der Waals surface area contributed by atoms with Crippen molar-refractivity contribution < 1.29 is 9.90 Å². The summed E-state index contributed by atoms with van der Waals surface area (Å²) >= 11 is 6.55. The summed E-state index contributed by atoms with van der Waals surface area (Å²) < 4.78 is 1.68. The Balaban J connectivity index is 0.00000103. The lowest BCUT2D eigenvalue weighted by molar-refractivity contribution is 0.0910. The third kappa shape index (κ3) is 10.3. The van der Waals surface area contributed by atoms with Gasteiger partial charge < -0.3 is 10.4 Å². The number of aryl methyl sites for hydroxylation is 1. The van der Waals surface area contributed by atoms with Gasteiger partial charge in [0.2, 0.25) is 0 Å². The van der Waals surface area contributed by atoms with Gasteiger partial charge in [0.1, 0.15) is 0 Å². The maximum Gasteiger partial charge on any atom is 0.272 e. The van der Waals surface area contributed by atoms with Gasteiger partial charge in [0, 0.05) is 0 Å². The van der Waals surface area contributed by atoms with Gasteiger partial charge in [0.15, 0.2) is 5.69 Å². The van der Waals surface area contributed by atoms with Gasteiger partial charge in [0.05, 0.1) is 29.1 Å². The van der Waals surface area contributed by atoms with Crippen LogP contribution in [0.4, 0.5) is 0 Å². The molecule has 0 saturated heterocycles. The van der Waals surface area contributed by atoms with Crippen molar-refractivity contribution in [1.29, 1.82) is 0 Å². The highest BCUT2D eigenvalue weighted by molar-refractivity contribution is 6.32. The van der Waals surface area contributed by atoms with E-state index in [1.54, 1.807) is 10.7 Å². The van der Waals surface area contributed by atoms with Crippen LogP contribution in [0.15, 0.2) is 84.5 Å². The second-order valence-corrected chi connectivity index (χ2v) is 10.1. The number of aliphatic hydroxyl groups is 1. The molecule has 1 aromatic heterocycles. The summed E-state index contributed by atoms with van der Waals surface area (Å²) in [6, 6.07) is 16.3. The maximum absolute atomic E-state index is 13.1. The number of halogens is 1. The molecule has 2 aromatic carbocycles. The Morgan fingerprint density at radius 2 is 1.80 bits per heavy atom. The molecule has 0 radical (unpaired) electrons. The molecule has 0 aliphatic rings. The minimum Gasteiger partial charge on any atom is -0.394 e. The van der Waals surface area contributed by atoms with E-state index in [0.717, 1.165) is 29.7 Å². The summed E-state index contributed by atoms with van der Waals surface area (Å²) in [4.78, 5) is 13.1.